The number of allylic oxidation sites excluding steroid dienone is 5. The van der Waals surface area contributed by atoms with Gasteiger partial charge < -0.3 is 15.2 Å². The van der Waals surface area contributed by atoms with E-state index in [1.165, 1.54) is 55.9 Å². The third-order valence-electron chi connectivity index (χ3n) is 18.3. The van der Waals surface area contributed by atoms with Crippen LogP contribution in [-0.2, 0) is 26.0 Å². The third-order valence-corrected chi connectivity index (χ3v) is 20.0. The highest BCUT2D eigenvalue weighted by atomic mass is 32.2. The second-order valence-corrected chi connectivity index (χ2v) is 24.4. The Labute approximate surface area is 363 Å². The zero-order valence-corrected chi connectivity index (χ0v) is 38.8. The standard InChI is InChI=1S/C52H78FNO5S/c1-8-13-44-47(3,4)42(39-18-25-50(36-53,26-19-39)46(55)59-35-37-14-11-10-12-15-37)23-24-49(44,6)40-16-17-43-45-38(9-2)20-29-52(45,31-30-48(43,5)34-40)54-33-32-51(56)27-21-41(22-28-51)60(7,57)58/h9-12,14-15,18,23,38,40-41,43-45,54,56H,2,8,13,16-17,19-22,24-36H2,1,3-7H3/t38-,40+,41-,43-,44+,45-,48+,49-,50+,51+,52+/m1/s1. The number of nitrogens with one attached hydrogen (secondary N) is 1. The number of carbonyl (C=O) groups is 1. The van der Waals surface area contributed by atoms with E-state index in [4.69, 9.17) is 4.74 Å². The van der Waals surface area contributed by atoms with Gasteiger partial charge in [0.15, 0.2) is 0 Å². The van der Waals surface area contributed by atoms with Gasteiger partial charge in [0.2, 0.25) is 0 Å². The van der Waals surface area contributed by atoms with E-state index in [9.17, 15) is 22.7 Å². The molecular weight excluding hydrogens is 770 g/mol. The number of alkyl halides is 1. The second-order valence-electron chi connectivity index (χ2n) is 22.1. The van der Waals surface area contributed by atoms with Gasteiger partial charge in [0.05, 0.1) is 16.3 Å². The number of sulfone groups is 1. The molecule has 4 fully saturated rings. The Kier molecular flexibility index (Phi) is 13.2. The molecule has 60 heavy (non-hydrogen) atoms. The van der Waals surface area contributed by atoms with Gasteiger partial charge >= 0.3 is 5.97 Å². The molecule has 0 heterocycles. The summed E-state index contributed by atoms with van der Waals surface area (Å²) in [7, 11) is -3.07. The lowest BCUT2D eigenvalue weighted by Crippen LogP contribution is -2.61. The number of aliphatic hydroxyl groups is 1. The molecule has 4 saturated carbocycles. The Bertz CT molecular complexity index is 1880. The monoisotopic (exact) mass is 848 g/mol. The molecule has 0 radical (unpaired) electrons. The van der Waals surface area contributed by atoms with Gasteiger partial charge in [0.25, 0.3) is 0 Å². The Morgan fingerprint density at radius 2 is 1.70 bits per heavy atom. The molecule has 0 amide bonds. The minimum atomic E-state index is -3.07. The molecule has 6 aliphatic rings. The first-order chi connectivity index (χ1) is 28.4. The Morgan fingerprint density at radius 1 is 0.967 bits per heavy atom. The zero-order valence-electron chi connectivity index (χ0n) is 38.0. The van der Waals surface area contributed by atoms with Gasteiger partial charge in [-0.05, 0) is 178 Å². The van der Waals surface area contributed by atoms with E-state index in [2.05, 4.69) is 64.7 Å². The van der Waals surface area contributed by atoms with Crippen LogP contribution in [0, 0.1) is 51.2 Å². The van der Waals surface area contributed by atoms with Crippen molar-refractivity contribution in [3.8, 4) is 0 Å². The van der Waals surface area contributed by atoms with Crippen LogP contribution in [0.15, 0.2) is 66.3 Å². The molecule has 7 rings (SSSR count). The van der Waals surface area contributed by atoms with E-state index in [-0.39, 0.29) is 33.6 Å². The summed E-state index contributed by atoms with van der Waals surface area (Å²) >= 11 is 0. The molecule has 8 heteroatoms. The Hall–Kier alpha value is -2.29. The molecule has 9 atom stereocenters. The summed E-state index contributed by atoms with van der Waals surface area (Å²) in [4.78, 5) is 13.4. The van der Waals surface area contributed by atoms with Crippen LogP contribution in [0.1, 0.15) is 156 Å². The normalized spacial score (nSPS) is 40.4. The van der Waals surface area contributed by atoms with Crippen molar-refractivity contribution in [2.45, 2.75) is 173 Å². The first-order valence-corrected chi connectivity index (χ1v) is 25.8. The summed E-state index contributed by atoms with van der Waals surface area (Å²) in [5, 5.41) is 15.3. The number of benzene rings is 1. The average Bonchev–Trinajstić information content (AvgIpc) is 3.60. The summed E-state index contributed by atoms with van der Waals surface area (Å²) in [6, 6.07) is 9.64. The molecule has 1 aromatic rings. The summed E-state index contributed by atoms with van der Waals surface area (Å²) in [5.74, 6) is 2.40. The van der Waals surface area contributed by atoms with E-state index in [1.807, 2.05) is 30.3 Å². The summed E-state index contributed by atoms with van der Waals surface area (Å²) < 4.78 is 44.9. The molecule has 0 aromatic heterocycles. The Morgan fingerprint density at radius 3 is 2.33 bits per heavy atom. The van der Waals surface area contributed by atoms with Crippen molar-refractivity contribution in [3.63, 3.8) is 0 Å². The van der Waals surface area contributed by atoms with Gasteiger partial charge in [-0.3, -0.25) is 4.79 Å². The fourth-order valence-corrected chi connectivity index (χ4v) is 15.8. The van der Waals surface area contributed by atoms with Crippen LogP contribution in [0.4, 0.5) is 4.39 Å². The molecule has 6 aliphatic carbocycles. The minimum absolute atomic E-state index is 0.0464. The maximum atomic E-state index is 14.8. The molecule has 0 aliphatic heterocycles. The molecule has 0 saturated heterocycles. The van der Waals surface area contributed by atoms with E-state index >= 15 is 0 Å². The number of hydrogen-bond donors (Lipinski definition) is 2. The lowest BCUT2D eigenvalue weighted by molar-refractivity contribution is -0.159. The number of ether oxygens (including phenoxy) is 1. The zero-order chi connectivity index (χ0) is 43.2. The van der Waals surface area contributed by atoms with Gasteiger partial charge in [-0.15, -0.1) is 6.58 Å². The molecule has 0 unspecified atom stereocenters. The molecule has 2 N–H and O–H groups in total. The van der Waals surface area contributed by atoms with E-state index < -0.39 is 33.5 Å². The second kappa shape index (κ2) is 17.4. The number of fused-ring (bicyclic) bond motifs is 3. The predicted octanol–water partition coefficient (Wildman–Crippen LogP) is 11.4. The van der Waals surface area contributed by atoms with Gasteiger partial charge in [-0.25, -0.2) is 12.8 Å². The van der Waals surface area contributed by atoms with Crippen molar-refractivity contribution >= 4 is 15.8 Å². The lowest BCUT2D eigenvalue weighted by atomic mass is 9.43. The maximum Gasteiger partial charge on any atom is 0.315 e. The maximum absolute atomic E-state index is 14.8. The van der Waals surface area contributed by atoms with Crippen molar-refractivity contribution < 1.29 is 27.4 Å². The van der Waals surface area contributed by atoms with E-state index in [0.29, 0.717) is 81.0 Å². The molecule has 6 nitrogen and oxygen atoms in total. The van der Waals surface area contributed by atoms with Crippen LogP contribution in [0.3, 0.4) is 0 Å². The highest BCUT2D eigenvalue weighted by Gasteiger charge is 2.62. The number of esters is 1. The van der Waals surface area contributed by atoms with E-state index in [1.54, 1.807) is 0 Å². The fraction of sp³-hybridized carbons (Fsp3) is 0.750. The molecule has 0 spiro atoms. The summed E-state index contributed by atoms with van der Waals surface area (Å²) in [6.07, 6.45) is 24.7. The van der Waals surface area contributed by atoms with Crippen LogP contribution >= 0.6 is 0 Å². The lowest BCUT2D eigenvalue weighted by Gasteiger charge is -2.62. The van der Waals surface area contributed by atoms with Gasteiger partial charge in [0.1, 0.15) is 23.1 Å². The van der Waals surface area contributed by atoms with Crippen molar-refractivity contribution in [1.29, 1.82) is 0 Å². The van der Waals surface area contributed by atoms with Crippen LogP contribution in [0.25, 0.3) is 0 Å². The number of hydrogen-bond acceptors (Lipinski definition) is 6. The molecule has 1 aromatic carbocycles. The first kappa shape index (κ1) is 45.7. The predicted molar refractivity (Wildman–Crippen MR) is 242 cm³/mol. The van der Waals surface area contributed by atoms with Crippen molar-refractivity contribution in [3.05, 3.63) is 71.8 Å². The average molecular weight is 848 g/mol. The smallest absolute Gasteiger partial charge is 0.315 e. The topological polar surface area (TPSA) is 92.7 Å². The third kappa shape index (κ3) is 8.54. The van der Waals surface area contributed by atoms with Crippen LogP contribution in [0.2, 0.25) is 0 Å². The SMILES string of the molecule is C=C[C@@H]1CC[C@]2(NCC[C@]3(O)CC[C@@H](S(C)(=O)=O)CC3)CC[C@@]3(C)C[C@@H]([C@@]4(C)CC=C(C5=CC[C@](CF)(C(=O)OCc6ccccc6)CC5)C(C)(C)[C@@H]4CCC)CC[C@@H]3[C@@H]12. The molecule has 334 valence electrons. The van der Waals surface area contributed by atoms with Crippen molar-refractivity contribution in [2.24, 2.45) is 51.2 Å². The first-order valence-electron chi connectivity index (χ1n) is 23.8. The van der Waals surface area contributed by atoms with Gasteiger partial charge in [0, 0.05) is 11.8 Å². The van der Waals surface area contributed by atoms with Crippen LogP contribution < -0.4 is 5.32 Å². The summed E-state index contributed by atoms with van der Waals surface area (Å²) in [5.41, 5.74) is 2.20. The van der Waals surface area contributed by atoms with Crippen LogP contribution in [-0.4, -0.2) is 55.4 Å². The quantitative estimate of drug-likeness (QED) is 0.143. The number of carbonyl (C=O) groups excluding carboxylic acids is 1. The summed E-state index contributed by atoms with van der Waals surface area (Å²) in [6.45, 7) is 17.1. The van der Waals surface area contributed by atoms with Crippen LogP contribution in [0.5, 0.6) is 0 Å². The number of rotatable bonds is 14. The van der Waals surface area contributed by atoms with Crippen molar-refractivity contribution in [2.75, 3.05) is 19.5 Å². The Balaban J connectivity index is 1.04. The highest BCUT2D eigenvalue weighted by Crippen LogP contribution is 2.67. The molecular formula is C52H78FNO5S. The van der Waals surface area contributed by atoms with Crippen molar-refractivity contribution in [1.82, 2.24) is 5.32 Å². The largest absolute Gasteiger partial charge is 0.460 e. The number of halogens is 1. The highest BCUT2D eigenvalue weighted by molar-refractivity contribution is 7.91. The molecule has 0 bridgehead atoms. The van der Waals surface area contributed by atoms with E-state index in [0.717, 1.165) is 37.8 Å². The van der Waals surface area contributed by atoms with Gasteiger partial charge in [-0.2, -0.15) is 0 Å². The minimum Gasteiger partial charge on any atom is -0.460 e. The fourth-order valence-electron chi connectivity index (χ4n) is 14.7. The van der Waals surface area contributed by atoms with Gasteiger partial charge in [-0.1, -0.05) is 89.6 Å².